The molecule has 0 unspecified atom stereocenters. The number of fused-ring (bicyclic) bond motifs is 1. The third-order valence-electron chi connectivity index (χ3n) is 6.11. The van der Waals surface area contributed by atoms with Crippen molar-refractivity contribution in [2.75, 3.05) is 26.2 Å². The van der Waals surface area contributed by atoms with Gasteiger partial charge in [-0.25, -0.2) is 0 Å². The summed E-state index contributed by atoms with van der Waals surface area (Å²) in [4.78, 5) is 31.4. The van der Waals surface area contributed by atoms with E-state index in [9.17, 15) is 9.59 Å². The topological polar surface area (TPSA) is 49.9 Å². The van der Waals surface area contributed by atoms with E-state index in [2.05, 4.69) is 18.0 Å². The van der Waals surface area contributed by atoms with E-state index in [1.807, 2.05) is 55.1 Å². The number of carbonyl (C=O) groups is 2. The number of amides is 2. The summed E-state index contributed by atoms with van der Waals surface area (Å²) in [5, 5.41) is 2.07. The summed E-state index contributed by atoms with van der Waals surface area (Å²) in [6, 6.07) is 17.2. The van der Waals surface area contributed by atoms with E-state index < -0.39 is 0 Å². The van der Waals surface area contributed by atoms with Gasteiger partial charge < -0.3 is 14.5 Å². The molecule has 0 N–H and O–H groups in total. The second-order valence-corrected chi connectivity index (χ2v) is 9.62. The lowest BCUT2D eigenvalue weighted by Crippen LogP contribution is -2.47. The molecule has 0 aliphatic carbocycles. The molecule has 6 heteroatoms. The molecule has 0 spiro atoms. The Bertz CT molecular complexity index is 1150. The Balaban J connectivity index is 1.51. The fourth-order valence-corrected chi connectivity index (χ4v) is 5.12. The van der Waals surface area contributed by atoms with Crippen LogP contribution in [0, 0.1) is 13.8 Å². The monoisotopic (exact) mass is 474 g/mol. The molecule has 3 aromatic rings. The number of benzene rings is 2. The van der Waals surface area contributed by atoms with Crippen LogP contribution in [0.3, 0.4) is 0 Å². The number of nitrogens with zero attached hydrogens (tertiary/aromatic N) is 2. The first-order chi connectivity index (χ1) is 16.5. The molecule has 34 heavy (non-hydrogen) atoms. The maximum atomic E-state index is 13.5. The molecular formula is C28H30N2O3S. The fraction of sp³-hybridized carbons (Fsp3) is 0.286. The highest BCUT2D eigenvalue weighted by Crippen LogP contribution is 2.34. The lowest BCUT2D eigenvalue weighted by Gasteiger charge is -2.37. The predicted molar refractivity (Wildman–Crippen MR) is 136 cm³/mol. The molecule has 2 aromatic carbocycles. The van der Waals surface area contributed by atoms with Gasteiger partial charge in [-0.1, -0.05) is 41.5 Å². The van der Waals surface area contributed by atoms with Gasteiger partial charge in [-0.2, -0.15) is 0 Å². The van der Waals surface area contributed by atoms with E-state index in [1.54, 1.807) is 34.4 Å². The normalized spacial score (nSPS) is 14.9. The second-order valence-electron chi connectivity index (χ2n) is 8.62. The number of hydrogen-bond donors (Lipinski definition) is 0. The number of rotatable bonds is 8. The predicted octanol–water partition coefficient (Wildman–Crippen LogP) is 5.20. The summed E-state index contributed by atoms with van der Waals surface area (Å²) in [5.74, 6) is 0.522. The van der Waals surface area contributed by atoms with Crippen LogP contribution in [0.5, 0.6) is 5.75 Å². The minimum Gasteiger partial charge on any atom is -0.491 e. The van der Waals surface area contributed by atoms with Gasteiger partial charge >= 0.3 is 0 Å². The Kier molecular flexibility index (Phi) is 7.48. The second kappa shape index (κ2) is 10.7. The third-order valence-corrected chi connectivity index (χ3v) is 7.10. The van der Waals surface area contributed by atoms with Gasteiger partial charge in [0, 0.05) is 23.5 Å². The van der Waals surface area contributed by atoms with Crippen LogP contribution in [0.25, 0.3) is 0 Å². The van der Waals surface area contributed by atoms with Crippen LogP contribution in [0.1, 0.15) is 38.0 Å². The third kappa shape index (κ3) is 5.39. The lowest BCUT2D eigenvalue weighted by atomic mass is 10.0. The first-order valence-electron chi connectivity index (χ1n) is 11.5. The van der Waals surface area contributed by atoms with Crippen molar-refractivity contribution in [3.63, 3.8) is 0 Å². The summed E-state index contributed by atoms with van der Waals surface area (Å²) in [5.41, 5.74) is 3.96. The van der Waals surface area contributed by atoms with Crippen LogP contribution >= 0.6 is 11.3 Å². The van der Waals surface area contributed by atoms with E-state index in [0.29, 0.717) is 25.3 Å². The van der Waals surface area contributed by atoms with Gasteiger partial charge in [0.2, 0.25) is 5.91 Å². The van der Waals surface area contributed by atoms with Crippen molar-refractivity contribution >= 4 is 23.2 Å². The average molecular weight is 475 g/mol. The van der Waals surface area contributed by atoms with Gasteiger partial charge in [-0.3, -0.25) is 9.59 Å². The van der Waals surface area contributed by atoms with E-state index in [1.165, 1.54) is 10.4 Å². The number of ether oxygens (including phenoxy) is 1. The van der Waals surface area contributed by atoms with Gasteiger partial charge in [0.1, 0.15) is 18.9 Å². The number of aryl methyl sites for hydroxylation is 2. The summed E-state index contributed by atoms with van der Waals surface area (Å²) in [7, 11) is 0. The molecule has 0 saturated heterocycles. The number of thiophene rings is 1. The van der Waals surface area contributed by atoms with Crippen LogP contribution in [-0.4, -0.2) is 47.9 Å². The summed E-state index contributed by atoms with van der Waals surface area (Å²) < 4.78 is 6.10. The van der Waals surface area contributed by atoms with E-state index in [-0.39, 0.29) is 24.4 Å². The summed E-state index contributed by atoms with van der Waals surface area (Å²) in [6.45, 7) is 9.08. The molecule has 1 aromatic heterocycles. The Hall–Kier alpha value is -3.38. The molecule has 0 bridgehead atoms. The van der Waals surface area contributed by atoms with Crippen molar-refractivity contribution < 1.29 is 14.3 Å². The minimum absolute atomic E-state index is 0.000762. The maximum Gasteiger partial charge on any atom is 0.254 e. The smallest absolute Gasteiger partial charge is 0.254 e. The Morgan fingerprint density at radius 3 is 2.44 bits per heavy atom. The largest absolute Gasteiger partial charge is 0.491 e. The summed E-state index contributed by atoms with van der Waals surface area (Å²) in [6.07, 6.45) is 2.47. The Morgan fingerprint density at radius 1 is 1.09 bits per heavy atom. The number of hydrogen-bond acceptors (Lipinski definition) is 4. The average Bonchev–Trinajstić information content (AvgIpc) is 3.32. The van der Waals surface area contributed by atoms with Crippen molar-refractivity contribution in [1.82, 2.24) is 9.80 Å². The highest BCUT2D eigenvalue weighted by atomic mass is 32.1. The Labute approximate surface area is 205 Å². The summed E-state index contributed by atoms with van der Waals surface area (Å²) >= 11 is 1.72. The lowest BCUT2D eigenvalue weighted by molar-refractivity contribution is -0.135. The zero-order chi connectivity index (χ0) is 24.1. The van der Waals surface area contributed by atoms with Crippen molar-refractivity contribution in [1.29, 1.82) is 0 Å². The van der Waals surface area contributed by atoms with Crippen molar-refractivity contribution in [3.8, 4) is 5.75 Å². The van der Waals surface area contributed by atoms with E-state index in [4.69, 9.17) is 4.74 Å². The molecule has 0 fully saturated rings. The molecule has 1 atom stereocenters. The first kappa shape index (κ1) is 23.8. The Morgan fingerprint density at radius 2 is 1.76 bits per heavy atom. The van der Waals surface area contributed by atoms with Gasteiger partial charge in [-0.15, -0.1) is 17.9 Å². The van der Waals surface area contributed by atoms with Gasteiger partial charge in [0.15, 0.2) is 0 Å². The molecule has 2 amide bonds. The molecule has 1 aliphatic heterocycles. The molecular weight excluding hydrogens is 444 g/mol. The quantitative estimate of drug-likeness (QED) is 0.422. The van der Waals surface area contributed by atoms with E-state index in [0.717, 1.165) is 23.3 Å². The molecule has 2 heterocycles. The molecule has 1 aliphatic rings. The van der Waals surface area contributed by atoms with Crippen molar-refractivity contribution in [3.05, 3.63) is 99.8 Å². The van der Waals surface area contributed by atoms with Crippen molar-refractivity contribution in [2.24, 2.45) is 0 Å². The number of carbonyl (C=O) groups excluding carboxylic acids is 2. The van der Waals surface area contributed by atoms with Crippen LogP contribution in [0.4, 0.5) is 0 Å². The standard InChI is InChI=1S/C28H30N2O3S/c1-4-15-29(28(32)22-9-5-20(2)6-10-22)18-27(31)30-16-13-26-24(14-17-34-26)25(30)19-33-23-11-7-21(3)8-12-23/h4-12,14,17,25H,1,13,15-16,18-19H2,2-3H3/t25-/m1/s1. The SMILES string of the molecule is C=CCN(CC(=O)N1CCc2sccc2[C@H]1COc1ccc(C)cc1)C(=O)c1ccc(C)cc1. The molecule has 5 nitrogen and oxygen atoms in total. The van der Waals surface area contributed by atoms with Gasteiger partial charge in [0.25, 0.3) is 5.91 Å². The van der Waals surface area contributed by atoms with Crippen molar-refractivity contribution in [2.45, 2.75) is 26.3 Å². The van der Waals surface area contributed by atoms with Gasteiger partial charge in [-0.05, 0) is 61.5 Å². The minimum atomic E-state index is -0.191. The fourth-order valence-electron chi connectivity index (χ4n) is 4.19. The van der Waals surface area contributed by atoms with E-state index >= 15 is 0 Å². The van der Waals surface area contributed by atoms with Gasteiger partial charge in [0.05, 0.1) is 6.04 Å². The molecule has 176 valence electrons. The highest BCUT2D eigenvalue weighted by Gasteiger charge is 2.33. The molecule has 0 radical (unpaired) electrons. The van der Waals surface area contributed by atoms with Crippen LogP contribution in [0.2, 0.25) is 0 Å². The molecule has 0 saturated carbocycles. The maximum absolute atomic E-state index is 13.5. The zero-order valence-electron chi connectivity index (χ0n) is 19.7. The zero-order valence-corrected chi connectivity index (χ0v) is 20.5. The molecule has 4 rings (SSSR count). The first-order valence-corrected chi connectivity index (χ1v) is 12.4. The highest BCUT2D eigenvalue weighted by molar-refractivity contribution is 7.10. The van der Waals surface area contributed by atoms with Crippen LogP contribution < -0.4 is 4.74 Å². The van der Waals surface area contributed by atoms with Crippen LogP contribution in [-0.2, 0) is 11.2 Å². The van der Waals surface area contributed by atoms with Crippen LogP contribution in [0.15, 0.2) is 72.6 Å².